The Labute approximate surface area is 133 Å². The topological polar surface area (TPSA) is 70.7 Å². The zero-order chi connectivity index (χ0) is 16.0. The minimum absolute atomic E-state index is 0.302. The minimum atomic E-state index is -0.791. The molecule has 5 heteroatoms. The van der Waals surface area contributed by atoms with Crippen LogP contribution >= 0.6 is 0 Å². The quantitative estimate of drug-likeness (QED) is 0.751. The van der Waals surface area contributed by atoms with Crippen LogP contribution in [0.4, 0.5) is 5.95 Å². The Hall–Kier alpha value is -3.13. The van der Waals surface area contributed by atoms with Gasteiger partial charge in [0, 0.05) is 0 Å². The smallest absolute Gasteiger partial charge is 0.246 e. The first kappa shape index (κ1) is 13.5. The number of aromatic nitrogens is 2. The second kappa shape index (κ2) is 4.96. The van der Waals surface area contributed by atoms with Gasteiger partial charge < -0.3 is 4.57 Å². The lowest BCUT2D eigenvalue weighted by Crippen LogP contribution is -2.37. The van der Waals surface area contributed by atoms with Crippen molar-refractivity contribution in [3.63, 3.8) is 0 Å². The van der Waals surface area contributed by atoms with Gasteiger partial charge in [-0.05, 0) is 30.2 Å². The van der Waals surface area contributed by atoms with Crippen LogP contribution in [0.3, 0.4) is 0 Å². The van der Waals surface area contributed by atoms with Crippen LogP contribution in [-0.2, 0) is 4.79 Å². The molecule has 2 atom stereocenters. The van der Waals surface area contributed by atoms with E-state index in [-0.39, 0.29) is 11.9 Å². The molecule has 3 aromatic rings. The van der Waals surface area contributed by atoms with Crippen LogP contribution in [0.5, 0.6) is 0 Å². The molecule has 0 spiro atoms. The first-order chi connectivity index (χ1) is 11.2. The van der Waals surface area contributed by atoms with Crippen LogP contribution in [0.1, 0.15) is 17.2 Å². The first-order valence-corrected chi connectivity index (χ1v) is 7.43. The number of imidazole rings is 1. The predicted octanol–water partition coefficient (Wildman–Crippen LogP) is 3.03. The van der Waals surface area contributed by atoms with Gasteiger partial charge in [-0.3, -0.25) is 10.1 Å². The van der Waals surface area contributed by atoms with E-state index >= 15 is 0 Å². The van der Waals surface area contributed by atoms with Crippen molar-refractivity contribution < 1.29 is 4.79 Å². The average Bonchev–Trinajstić information content (AvgIpc) is 2.92. The highest BCUT2D eigenvalue weighted by Gasteiger charge is 2.39. The fourth-order valence-corrected chi connectivity index (χ4v) is 3.26. The number of hydrogen-bond acceptors (Lipinski definition) is 3. The van der Waals surface area contributed by atoms with Gasteiger partial charge in [-0.25, -0.2) is 4.98 Å². The van der Waals surface area contributed by atoms with Gasteiger partial charge in [-0.2, -0.15) is 5.26 Å². The lowest BCUT2D eigenvalue weighted by atomic mass is 9.89. The van der Waals surface area contributed by atoms with E-state index in [2.05, 4.69) is 16.4 Å². The lowest BCUT2D eigenvalue weighted by molar-refractivity contribution is -0.119. The Morgan fingerprint density at radius 1 is 1.17 bits per heavy atom. The van der Waals surface area contributed by atoms with Crippen LogP contribution in [0.2, 0.25) is 0 Å². The molecule has 0 aliphatic carbocycles. The molecule has 1 amide bonds. The number of benzene rings is 2. The fraction of sp³-hybridized carbons (Fsp3) is 0.167. The van der Waals surface area contributed by atoms with Crippen molar-refractivity contribution >= 4 is 22.9 Å². The van der Waals surface area contributed by atoms with Crippen LogP contribution in [-0.4, -0.2) is 15.5 Å². The molecule has 4 rings (SSSR count). The summed E-state index contributed by atoms with van der Waals surface area (Å²) in [4.78, 5) is 16.9. The Morgan fingerprint density at radius 2 is 1.91 bits per heavy atom. The maximum Gasteiger partial charge on any atom is 0.246 e. The Morgan fingerprint density at radius 3 is 2.70 bits per heavy atom. The summed E-state index contributed by atoms with van der Waals surface area (Å²) < 4.78 is 1.97. The molecule has 2 aromatic carbocycles. The summed E-state index contributed by atoms with van der Waals surface area (Å²) in [6.45, 7) is 2.00. The van der Waals surface area contributed by atoms with E-state index in [4.69, 9.17) is 0 Å². The van der Waals surface area contributed by atoms with Crippen molar-refractivity contribution in [3.8, 4) is 6.07 Å². The molecule has 23 heavy (non-hydrogen) atoms. The van der Waals surface area contributed by atoms with E-state index < -0.39 is 5.92 Å². The van der Waals surface area contributed by atoms with Gasteiger partial charge in [-0.1, -0.05) is 36.4 Å². The molecular weight excluding hydrogens is 288 g/mol. The summed E-state index contributed by atoms with van der Waals surface area (Å²) >= 11 is 0. The monoisotopic (exact) mass is 302 g/mol. The molecule has 1 N–H and O–H groups in total. The van der Waals surface area contributed by atoms with Gasteiger partial charge in [-0.15, -0.1) is 0 Å². The number of hydrogen-bond donors (Lipinski definition) is 1. The van der Waals surface area contributed by atoms with Gasteiger partial charge in [0.25, 0.3) is 0 Å². The number of nitrogens with zero attached hydrogens (tertiary/aromatic N) is 3. The van der Waals surface area contributed by atoms with E-state index in [1.165, 1.54) is 0 Å². The number of carbonyl (C=O) groups is 1. The lowest BCUT2D eigenvalue weighted by Gasteiger charge is -2.30. The normalized spacial score (nSPS) is 19.9. The number of rotatable bonds is 1. The molecule has 0 radical (unpaired) electrons. The molecule has 1 aliphatic rings. The zero-order valence-corrected chi connectivity index (χ0v) is 12.5. The van der Waals surface area contributed by atoms with Crippen LogP contribution in [0, 0.1) is 24.2 Å². The fourth-order valence-electron chi connectivity index (χ4n) is 3.26. The second-order valence-corrected chi connectivity index (χ2v) is 5.69. The highest BCUT2D eigenvalue weighted by Crippen LogP contribution is 2.38. The Balaban J connectivity index is 2.05. The van der Waals surface area contributed by atoms with Crippen molar-refractivity contribution in [1.29, 1.82) is 5.26 Å². The van der Waals surface area contributed by atoms with E-state index in [1.807, 2.05) is 60.0 Å². The number of aryl methyl sites for hydroxylation is 1. The number of para-hydroxylation sites is 2. The van der Waals surface area contributed by atoms with Crippen LogP contribution < -0.4 is 5.32 Å². The number of anilines is 1. The van der Waals surface area contributed by atoms with E-state index in [9.17, 15) is 10.1 Å². The van der Waals surface area contributed by atoms with Crippen LogP contribution in [0.15, 0.2) is 48.5 Å². The summed E-state index contributed by atoms with van der Waals surface area (Å²) in [5.41, 5.74) is 3.74. The molecule has 0 saturated heterocycles. The van der Waals surface area contributed by atoms with Crippen LogP contribution in [0.25, 0.3) is 11.0 Å². The van der Waals surface area contributed by atoms with Gasteiger partial charge in [0.05, 0.1) is 23.1 Å². The molecule has 0 unspecified atom stereocenters. The number of nitrogens with one attached hydrogen (secondary N) is 1. The van der Waals surface area contributed by atoms with Crippen molar-refractivity contribution in [3.05, 3.63) is 59.7 Å². The molecule has 2 heterocycles. The molecule has 0 fully saturated rings. The minimum Gasteiger partial charge on any atom is -0.300 e. The number of amides is 1. The Bertz CT molecular complexity index is 967. The third kappa shape index (κ3) is 1.92. The highest BCUT2D eigenvalue weighted by molar-refractivity contribution is 5.97. The third-order valence-electron chi connectivity index (χ3n) is 4.35. The van der Waals surface area contributed by atoms with Gasteiger partial charge >= 0.3 is 0 Å². The van der Waals surface area contributed by atoms with Crippen molar-refractivity contribution in [2.75, 3.05) is 5.32 Å². The van der Waals surface area contributed by atoms with Crippen molar-refractivity contribution in [2.45, 2.75) is 13.0 Å². The molecular formula is C18H14N4O. The largest absolute Gasteiger partial charge is 0.300 e. The molecule has 0 bridgehead atoms. The molecule has 0 saturated carbocycles. The molecule has 5 nitrogen and oxygen atoms in total. The number of nitriles is 1. The van der Waals surface area contributed by atoms with Crippen molar-refractivity contribution in [2.24, 2.45) is 5.92 Å². The average molecular weight is 302 g/mol. The zero-order valence-electron chi connectivity index (χ0n) is 12.5. The summed E-state index contributed by atoms with van der Waals surface area (Å²) in [6.07, 6.45) is 0. The maximum atomic E-state index is 12.4. The standard InChI is InChI=1S/C18H14N4O/c1-11-6-2-3-7-12(11)16-13(10-19)17(23)21-18-20-14-8-4-5-9-15(14)22(16)18/h2-9,13,16H,1H3,(H,20,21,23)/t13-,16-/m1/s1. The summed E-state index contributed by atoms with van der Waals surface area (Å²) in [5.74, 6) is -0.597. The third-order valence-corrected chi connectivity index (χ3v) is 4.35. The predicted molar refractivity (Wildman–Crippen MR) is 86.8 cm³/mol. The molecule has 1 aliphatic heterocycles. The van der Waals surface area contributed by atoms with E-state index in [0.717, 1.165) is 22.2 Å². The highest BCUT2D eigenvalue weighted by atomic mass is 16.2. The SMILES string of the molecule is Cc1ccccc1[C@@H]1[C@@H](C#N)C(=O)Nc2nc3ccccc3n21. The maximum absolute atomic E-state index is 12.4. The summed E-state index contributed by atoms with van der Waals surface area (Å²) in [5, 5.41) is 12.3. The molecule has 1 aromatic heterocycles. The number of carbonyl (C=O) groups excluding carboxylic acids is 1. The van der Waals surface area contributed by atoms with Gasteiger partial charge in [0.2, 0.25) is 11.9 Å². The number of fused-ring (bicyclic) bond motifs is 3. The van der Waals surface area contributed by atoms with Crippen molar-refractivity contribution in [1.82, 2.24) is 9.55 Å². The molecule has 112 valence electrons. The summed E-state index contributed by atoms with van der Waals surface area (Å²) in [7, 11) is 0. The van der Waals surface area contributed by atoms with Gasteiger partial charge in [0.15, 0.2) is 5.92 Å². The van der Waals surface area contributed by atoms with Gasteiger partial charge in [0.1, 0.15) is 0 Å². The van der Waals surface area contributed by atoms with E-state index in [1.54, 1.807) is 0 Å². The Kier molecular flexibility index (Phi) is 2.91. The summed E-state index contributed by atoms with van der Waals surface area (Å²) in [6, 6.07) is 17.4. The van der Waals surface area contributed by atoms with E-state index in [0.29, 0.717) is 5.95 Å². The first-order valence-electron chi connectivity index (χ1n) is 7.43. The second-order valence-electron chi connectivity index (χ2n) is 5.69.